The van der Waals surface area contributed by atoms with Crippen LogP contribution in [0.5, 0.6) is 23.0 Å². The van der Waals surface area contributed by atoms with Gasteiger partial charge < -0.3 is 44.8 Å². The molecular weight excluding hydrogens is 1240 g/mol. The summed E-state index contributed by atoms with van der Waals surface area (Å²) in [6.45, 7) is 32.5. The first kappa shape index (κ1) is 92.8. The number of carbonyl (C=O) groups is 3. The van der Waals surface area contributed by atoms with E-state index in [1.54, 1.807) is 7.11 Å². The van der Waals surface area contributed by atoms with Crippen LogP contribution in [-0.4, -0.2) is 98.5 Å². The number of hydrogen-bond donors (Lipinski definition) is 2. The number of ether oxygens (including phenoxy) is 3. The molecule has 494 valence electrons. The van der Waals surface area contributed by atoms with Crippen molar-refractivity contribution in [2.75, 3.05) is 52.6 Å². The predicted octanol–water partition coefficient (Wildman–Crippen LogP) is 14.3. The van der Waals surface area contributed by atoms with Gasteiger partial charge in [-0.2, -0.15) is 0 Å². The molecule has 0 saturated carbocycles. The van der Waals surface area contributed by atoms with Gasteiger partial charge in [0.25, 0.3) is 6.47 Å². The van der Waals surface area contributed by atoms with Crippen LogP contribution < -0.4 is 118 Å². The Hall–Kier alpha value is 0.406. The molecule has 0 amide bonds. The summed E-state index contributed by atoms with van der Waals surface area (Å²) in [5.74, 6) is 1.19. The number of methoxy groups -OCH3 is 1. The Morgan fingerprint density at radius 1 is 0.500 bits per heavy atom. The molecule has 12 nitrogen and oxygen atoms in total. The van der Waals surface area contributed by atoms with Gasteiger partial charge in [0.1, 0.15) is 23.0 Å². The van der Waals surface area contributed by atoms with Crippen molar-refractivity contribution >= 4 is 51.6 Å². The third kappa shape index (κ3) is 46.5. The molecule has 0 aliphatic heterocycles. The molecular formula is C68H126BrFK2O12Si2. The van der Waals surface area contributed by atoms with Gasteiger partial charge in [-0.3, -0.25) is 18.8 Å². The summed E-state index contributed by atoms with van der Waals surface area (Å²) in [6, 6.07) is 9.41. The number of carbonyl (C=O) groups excluding carboxylic acids is 3. The quantitative estimate of drug-likeness (QED) is 0.0161. The van der Waals surface area contributed by atoms with E-state index in [0.29, 0.717) is 64.1 Å². The van der Waals surface area contributed by atoms with E-state index in [1.165, 1.54) is 178 Å². The molecule has 0 spiro atoms. The number of alkyl halides is 2. The predicted molar refractivity (Wildman–Crippen MR) is 358 cm³/mol. The van der Waals surface area contributed by atoms with Gasteiger partial charge in [0.15, 0.2) is 29.2 Å². The van der Waals surface area contributed by atoms with Crippen molar-refractivity contribution in [3.05, 3.63) is 47.5 Å². The maximum absolute atomic E-state index is 11.6. The fourth-order valence-corrected chi connectivity index (χ4v) is 23.2. The number of benzene rings is 2. The molecule has 0 radical (unpaired) electrons. The van der Waals surface area contributed by atoms with Gasteiger partial charge in [-0.1, -0.05) is 234 Å². The Bertz CT molecular complexity index is 1790. The molecule has 86 heavy (non-hydrogen) atoms. The molecule has 0 saturated heterocycles. The minimum atomic E-state index is -1.72. The van der Waals surface area contributed by atoms with Gasteiger partial charge in [0.05, 0.1) is 32.9 Å². The normalized spacial score (nSPS) is 11.3. The number of rotatable bonds is 48. The molecule has 0 aliphatic carbocycles. The van der Waals surface area contributed by atoms with Crippen molar-refractivity contribution in [3.8, 4) is 23.0 Å². The number of aromatic hydroxyl groups is 2. The molecule has 0 aromatic heterocycles. The van der Waals surface area contributed by atoms with Crippen LogP contribution in [0.1, 0.15) is 280 Å². The average Bonchev–Trinajstić information content (AvgIpc) is 2.15. The zero-order chi connectivity index (χ0) is 64.6. The van der Waals surface area contributed by atoms with Crippen LogP contribution in [0.15, 0.2) is 36.4 Å². The molecule has 2 aromatic rings. The maximum atomic E-state index is 11.6. The van der Waals surface area contributed by atoms with E-state index in [-0.39, 0.29) is 128 Å². The molecule has 0 atom stereocenters. The van der Waals surface area contributed by atoms with E-state index in [2.05, 4.69) is 104 Å². The van der Waals surface area contributed by atoms with E-state index in [9.17, 15) is 14.0 Å². The molecule has 0 heterocycles. The largest absolute Gasteiger partial charge is 1.00 e. The second-order valence-electron chi connectivity index (χ2n) is 24.1. The summed E-state index contributed by atoms with van der Waals surface area (Å²) in [4.78, 5) is 33.0. The Kier molecular flexibility index (Phi) is 70.7. The third-order valence-corrected chi connectivity index (χ3v) is 28.8. The summed E-state index contributed by atoms with van der Waals surface area (Å²) in [5.41, 5.74) is 4.78. The summed E-state index contributed by atoms with van der Waals surface area (Å²) in [6.07, 6.45) is 36.2. The first-order valence-electron chi connectivity index (χ1n) is 33.2. The number of phenols is 2. The van der Waals surface area contributed by atoms with Crippen molar-refractivity contribution in [1.82, 2.24) is 0 Å². The van der Waals surface area contributed by atoms with Gasteiger partial charge in [0, 0.05) is 44.4 Å². The van der Waals surface area contributed by atoms with E-state index < -0.39 is 23.8 Å². The number of aldehydes is 2. The van der Waals surface area contributed by atoms with Gasteiger partial charge in [0.2, 0.25) is 0 Å². The Morgan fingerprint density at radius 3 is 1.10 bits per heavy atom. The van der Waals surface area contributed by atoms with Crippen molar-refractivity contribution in [1.29, 1.82) is 0 Å². The van der Waals surface area contributed by atoms with Crippen LogP contribution in [0, 0.1) is 0 Å². The smallest absolute Gasteiger partial charge is 1.00 e. The topological polar surface area (TPSA) is 170 Å². The van der Waals surface area contributed by atoms with Crippen molar-refractivity contribution in [2.45, 2.75) is 290 Å². The van der Waals surface area contributed by atoms with E-state index >= 15 is 0 Å². The van der Waals surface area contributed by atoms with Crippen molar-refractivity contribution in [2.24, 2.45) is 0 Å². The van der Waals surface area contributed by atoms with Gasteiger partial charge in [-0.25, -0.2) is 0 Å². The van der Waals surface area contributed by atoms with Crippen LogP contribution in [0.2, 0.25) is 33.2 Å². The fourth-order valence-electron chi connectivity index (χ4n) is 11.8. The molecule has 2 aromatic carbocycles. The Morgan fingerprint density at radius 2 is 0.802 bits per heavy atom. The van der Waals surface area contributed by atoms with Gasteiger partial charge in [-0.05, 0) is 96.0 Å². The van der Waals surface area contributed by atoms with Crippen LogP contribution in [0.3, 0.4) is 0 Å². The Balaban J connectivity index is -0.000000400. The van der Waals surface area contributed by atoms with E-state index in [0.717, 1.165) is 50.8 Å². The first-order chi connectivity index (χ1) is 40.7. The minimum absolute atomic E-state index is 0. The van der Waals surface area contributed by atoms with Crippen LogP contribution in [0.4, 0.5) is 4.39 Å². The van der Waals surface area contributed by atoms with Crippen LogP contribution in [0.25, 0.3) is 0 Å². The summed E-state index contributed by atoms with van der Waals surface area (Å²) < 4.78 is 46.0. The molecule has 18 heteroatoms. The van der Waals surface area contributed by atoms with Crippen molar-refractivity contribution in [3.63, 3.8) is 0 Å². The maximum Gasteiger partial charge on any atom is 1.00 e. The van der Waals surface area contributed by atoms with Crippen LogP contribution >= 0.6 is 15.9 Å². The van der Waals surface area contributed by atoms with E-state index in [4.69, 9.17) is 44.7 Å². The summed E-state index contributed by atoms with van der Waals surface area (Å²) in [7, 11) is -2.64. The average molecular weight is 1370 g/mol. The second kappa shape index (κ2) is 65.5. The number of hydrogen-bond acceptors (Lipinski definition) is 12. The monoisotopic (exact) mass is 1370 g/mol. The van der Waals surface area contributed by atoms with Gasteiger partial charge in [-0.15, -0.1) is 0 Å². The second-order valence-corrected chi connectivity index (χ2v) is 35.8. The molecule has 2 N–H and O–H groups in total. The number of unbranched alkanes of at least 4 members (excludes halogenated alkanes) is 24. The number of phenolic OH excluding ortho intramolecular Hbond substituents is 2. The van der Waals surface area contributed by atoms with Gasteiger partial charge >= 0.3 is 103 Å². The minimum Gasteiger partial charge on any atom is -1.00 e. The van der Waals surface area contributed by atoms with E-state index in [1.807, 2.05) is 18.2 Å². The number of halogens is 2. The third-order valence-electron chi connectivity index (χ3n) is 16.0. The van der Waals surface area contributed by atoms with Crippen LogP contribution in [-0.2, 0) is 23.3 Å². The zero-order valence-electron chi connectivity index (χ0n) is 59.4. The summed E-state index contributed by atoms with van der Waals surface area (Å²) in [5, 5.41) is 27.3. The zero-order valence-corrected chi connectivity index (χ0v) is 67.3. The molecule has 0 aliphatic rings. The molecule has 0 fully saturated rings. The summed E-state index contributed by atoms with van der Waals surface area (Å²) >= 11 is 3.46. The first-order valence-corrected chi connectivity index (χ1v) is 37.9. The molecule has 2 rings (SSSR count). The van der Waals surface area contributed by atoms with Crippen molar-refractivity contribution < 1.29 is 168 Å². The molecule has 0 bridgehead atoms. The Labute approximate surface area is 624 Å². The standard InChI is InChI=1S/C47H90O5Si2.C12H25BrO.C7H6O3.CH3F.CH2O3.2K.H/c1-39(2)53(40(3)4,41(5)6)51-35-29-25-21-17-13-15-19-23-27-33-49-46-32-31-45(38-48)47(37-46)50-34-28-24-20-16-14-18-22-26-30-36-52-54(42(7)8,43(9)10)44(11)12;1-14-12-10-8-6-4-2-3-5-7-9-11-13;8-4-5-1-2-6(9)3-7(5)10;1-2;2-1-4-3;;;/h31-32,37-44H,13-30,33-36H2,1-12H3;2-12H2,1H3;1-4,9-10H;1H3;1,3H;;;/q;;;;;2*+1;-1/p-1/i;;;1D;;;;. The SMILES string of the molecule is CC(C)[Si](OCCCCCCCCCCCOc1ccc(C=O)c(OCCCCCCCCCCCO[Si](C(C)C)(C(C)C)C(C)C)c1)(C(C)C)C(C)C.COCCCCCCCCCCCBr.O=CO[O-].O=Cc1ccc(O)cc1O.[2H]CF.[H-].[K+].[K+]. The molecule has 0 unspecified atom stereocenters. The fraction of sp³-hybridized carbons (Fsp3) is 0.779.